The zero-order valence-corrected chi connectivity index (χ0v) is 18.1. The topological polar surface area (TPSA) is 110 Å². The molecule has 6 nitrogen and oxygen atoms in total. The summed E-state index contributed by atoms with van der Waals surface area (Å²) in [7, 11) is 1.60. The van der Waals surface area contributed by atoms with E-state index < -0.39 is 5.91 Å². The Morgan fingerprint density at radius 3 is 1.76 bits per heavy atom. The summed E-state index contributed by atoms with van der Waals surface area (Å²) in [5.41, 5.74) is 9.99. The third kappa shape index (κ3) is 10.4. The lowest BCUT2D eigenvalue weighted by Crippen LogP contribution is -2.22. The van der Waals surface area contributed by atoms with E-state index in [2.05, 4.69) is 10.7 Å². The van der Waals surface area contributed by atoms with Gasteiger partial charge in [0.15, 0.2) is 0 Å². The molecule has 2 amide bonds. The van der Waals surface area contributed by atoms with Crippen molar-refractivity contribution >= 4 is 11.8 Å². The smallest absolute Gasteiger partial charge is 0.251 e. The number of unbranched alkanes of at least 4 members (excludes halogenated alkanes) is 11. The summed E-state index contributed by atoms with van der Waals surface area (Å²) in [4.78, 5) is 23.8. The molecule has 0 aliphatic rings. The summed E-state index contributed by atoms with van der Waals surface area (Å²) >= 11 is 0. The maximum absolute atomic E-state index is 12.1. The quantitative estimate of drug-likeness (QED) is 0.180. The largest absolute Gasteiger partial charge is 0.366 e. The minimum Gasteiger partial charge on any atom is -0.366 e. The van der Waals surface area contributed by atoms with Crippen LogP contribution in [-0.2, 0) is 6.42 Å². The second-order valence-electron chi connectivity index (χ2n) is 7.72. The van der Waals surface area contributed by atoms with E-state index >= 15 is 0 Å². The maximum Gasteiger partial charge on any atom is 0.251 e. The molecule has 0 radical (unpaired) electrons. The molecule has 0 spiro atoms. The predicted octanol–water partition coefficient (Wildman–Crippen LogP) is 3.83. The molecule has 0 saturated carbocycles. The summed E-state index contributed by atoms with van der Waals surface area (Å²) in [6.07, 6.45) is 15.6. The van der Waals surface area contributed by atoms with Gasteiger partial charge in [0, 0.05) is 24.7 Å². The van der Waals surface area contributed by atoms with E-state index in [9.17, 15) is 9.59 Å². The number of carbonyl (C=O) groups is 2. The van der Waals surface area contributed by atoms with E-state index in [1.165, 1.54) is 64.2 Å². The molecule has 1 aromatic carbocycles. The summed E-state index contributed by atoms with van der Waals surface area (Å²) in [6, 6.07) is 5.18. The number of benzene rings is 1. The molecule has 0 atom stereocenters. The molecule has 6 heteroatoms. The van der Waals surface area contributed by atoms with Crippen molar-refractivity contribution < 1.29 is 9.59 Å². The lowest BCUT2D eigenvalue weighted by atomic mass is 9.94. The van der Waals surface area contributed by atoms with Gasteiger partial charge in [0.25, 0.3) is 5.91 Å². The van der Waals surface area contributed by atoms with Crippen molar-refractivity contribution in [3.8, 4) is 0 Å². The molecule has 6 N–H and O–H groups in total. The van der Waals surface area contributed by atoms with Crippen LogP contribution in [0.5, 0.6) is 0 Å². The number of nitrogens with two attached hydrogens (primary N) is 2. The van der Waals surface area contributed by atoms with Gasteiger partial charge in [-0.1, -0.05) is 70.3 Å². The molecule has 0 heterocycles. The first-order chi connectivity index (χ1) is 14.1. The van der Waals surface area contributed by atoms with Crippen LogP contribution in [0.2, 0.25) is 0 Å². The van der Waals surface area contributed by atoms with E-state index in [1.807, 2.05) is 0 Å². The fourth-order valence-electron chi connectivity index (χ4n) is 3.73. The van der Waals surface area contributed by atoms with Crippen LogP contribution in [-0.4, -0.2) is 25.4 Å². The Bertz CT molecular complexity index is 605. The zero-order chi connectivity index (χ0) is 21.3. The highest BCUT2D eigenvalue weighted by Gasteiger charge is 2.16. The van der Waals surface area contributed by atoms with Crippen molar-refractivity contribution in [3.63, 3.8) is 0 Å². The Morgan fingerprint density at radius 2 is 1.28 bits per heavy atom. The van der Waals surface area contributed by atoms with Crippen LogP contribution in [0, 0.1) is 0 Å². The van der Waals surface area contributed by atoms with E-state index in [-0.39, 0.29) is 5.91 Å². The van der Waals surface area contributed by atoms with Crippen LogP contribution in [0.25, 0.3) is 0 Å². The molecular formula is C23H40N4O2. The van der Waals surface area contributed by atoms with Gasteiger partial charge in [0.1, 0.15) is 0 Å². The van der Waals surface area contributed by atoms with Crippen molar-refractivity contribution in [3.05, 3.63) is 34.9 Å². The van der Waals surface area contributed by atoms with Gasteiger partial charge in [-0.15, -0.1) is 0 Å². The van der Waals surface area contributed by atoms with Gasteiger partial charge in [-0.3, -0.25) is 20.9 Å². The number of rotatable bonds is 17. The Kier molecular flexibility index (Phi) is 13.8. The van der Waals surface area contributed by atoms with Crippen molar-refractivity contribution in [2.24, 2.45) is 11.6 Å². The van der Waals surface area contributed by atoms with Crippen LogP contribution in [0.4, 0.5) is 0 Å². The monoisotopic (exact) mass is 404 g/mol. The highest BCUT2D eigenvalue weighted by atomic mass is 16.2. The summed E-state index contributed by atoms with van der Waals surface area (Å²) in [5.74, 6) is 4.62. The first kappa shape index (κ1) is 25.1. The molecule has 29 heavy (non-hydrogen) atoms. The Hall–Kier alpha value is -1.92. The van der Waals surface area contributed by atoms with Gasteiger partial charge < -0.3 is 11.1 Å². The fourth-order valence-corrected chi connectivity index (χ4v) is 3.73. The standard InChI is InChI=1S/C23H40N4O2/c1-26-23(29)21-17-14-16-20(22(24)28)19(21)15-12-10-8-6-4-2-3-5-7-9-11-13-18-27-25/h14,16-17,27H,2-13,15,18,25H2,1H3,(H2,24,28)(H,26,29). The van der Waals surface area contributed by atoms with Gasteiger partial charge in [0.05, 0.1) is 0 Å². The number of carbonyl (C=O) groups excluding carboxylic acids is 2. The van der Waals surface area contributed by atoms with Crippen LogP contribution in [0.1, 0.15) is 103 Å². The van der Waals surface area contributed by atoms with Gasteiger partial charge >= 0.3 is 0 Å². The Balaban J connectivity index is 2.18. The highest BCUT2D eigenvalue weighted by Crippen LogP contribution is 2.19. The molecule has 0 aliphatic heterocycles. The summed E-state index contributed by atoms with van der Waals surface area (Å²) in [5, 5.41) is 2.64. The first-order valence-electron chi connectivity index (χ1n) is 11.2. The lowest BCUT2D eigenvalue weighted by molar-refractivity contribution is 0.0962. The Morgan fingerprint density at radius 1 is 0.793 bits per heavy atom. The summed E-state index contributed by atoms with van der Waals surface area (Å²) in [6.45, 7) is 0.918. The minimum absolute atomic E-state index is 0.167. The fraction of sp³-hybridized carbons (Fsp3) is 0.652. The van der Waals surface area contributed by atoms with Crippen molar-refractivity contribution in [1.29, 1.82) is 0 Å². The van der Waals surface area contributed by atoms with E-state index in [0.29, 0.717) is 17.5 Å². The van der Waals surface area contributed by atoms with Crippen LogP contribution in [0.15, 0.2) is 18.2 Å². The van der Waals surface area contributed by atoms with Crippen LogP contribution in [0.3, 0.4) is 0 Å². The molecule has 0 saturated heterocycles. The second kappa shape index (κ2) is 15.9. The molecule has 0 fully saturated rings. The van der Waals surface area contributed by atoms with Gasteiger partial charge in [-0.2, -0.15) is 0 Å². The number of primary amides is 1. The van der Waals surface area contributed by atoms with Crippen molar-refractivity contribution in [2.75, 3.05) is 13.6 Å². The maximum atomic E-state index is 12.1. The van der Waals surface area contributed by atoms with Gasteiger partial charge in [-0.05, 0) is 37.0 Å². The number of nitrogens with one attached hydrogen (secondary N) is 2. The molecule has 0 unspecified atom stereocenters. The van der Waals surface area contributed by atoms with Crippen LogP contribution >= 0.6 is 0 Å². The number of hydrazine groups is 1. The normalized spacial score (nSPS) is 10.8. The second-order valence-corrected chi connectivity index (χ2v) is 7.72. The molecule has 1 aromatic rings. The SMILES string of the molecule is CNC(=O)c1cccc(C(N)=O)c1CCCCCCCCCCCCCCNN. The third-order valence-electron chi connectivity index (χ3n) is 5.41. The van der Waals surface area contributed by atoms with Gasteiger partial charge in [0.2, 0.25) is 5.91 Å². The molecule has 164 valence electrons. The van der Waals surface area contributed by atoms with Crippen molar-refractivity contribution in [2.45, 2.75) is 83.5 Å². The number of amides is 2. The predicted molar refractivity (Wildman–Crippen MR) is 120 cm³/mol. The lowest BCUT2D eigenvalue weighted by Gasteiger charge is -2.12. The zero-order valence-electron chi connectivity index (χ0n) is 18.1. The number of hydrogen-bond donors (Lipinski definition) is 4. The summed E-state index contributed by atoms with van der Waals surface area (Å²) < 4.78 is 0. The average molecular weight is 405 g/mol. The highest BCUT2D eigenvalue weighted by molar-refractivity contribution is 6.01. The molecular weight excluding hydrogens is 364 g/mol. The third-order valence-corrected chi connectivity index (χ3v) is 5.41. The first-order valence-corrected chi connectivity index (χ1v) is 11.2. The molecule has 0 bridgehead atoms. The Labute approximate surface area is 176 Å². The van der Waals surface area contributed by atoms with E-state index in [4.69, 9.17) is 11.6 Å². The van der Waals surface area contributed by atoms with Crippen LogP contribution < -0.4 is 22.3 Å². The van der Waals surface area contributed by atoms with E-state index in [1.54, 1.807) is 25.2 Å². The number of hydrogen-bond acceptors (Lipinski definition) is 4. The van der Waals surface area contributed by atoms with Crippen molar-refractivity contribution in [1.82, 2.24) is 10.7 Å². The average Bonchev–Trinajstić information content (AvgIpc) is 2.73. The minimum atomic E-state index is -0.471. The van der Waals surface area contributed by atoms with Gasteiger partial charge in [-0.25, -0.2) is 0 Å². The molecule has 0 aromatic heterocycles. The molecule has 0 aliphatic carbocycles. The van der Waals surface area contributed by atoms with E-state index in [0.717, 1.165) is 24.9 Å². The molecule has 1 rings (SSSR count).